The average molecular weight is 294 g/mol. The standard InChI is InChI=1S/C16H17F3N2/c1-2-21(13-5-3-4-11(17)8-13)10-16(20)14-7-6-12(18)9-15(14)19/h3-9,16H,2,10,20H2,1H3. The Morgan fingerprint density at radius 1 is 1.05 bits per heavy atom. The van der Waals surface area contributed by atoms with Gasteiger partial charge in [0.05, 0.1) is 6.04 Å². The third-order valence-electron chi connectivity index (χ3n) is 3.33. The molecule has 0 heterocycles. The van der Waals surface area contributed by atoms with Crippen molar-refractivity contribution in [2.45, 2.75) is 13.0 Å². The van der Waals surface area contributed by atoms with Crippen molar-refractivity contribution >= 4 is 5.69 Å². The van der Waals surface area contributed by atoms with E-state index in [1.54, 1.807) is 12.1 Å². The molecule has 0 saturated heterocycles. The van der Waals surface area contributed by atoms with Crippen LogP contribution in [0.2, 0.25) is 0 Å². The summed E-state index contributed by atoms with van der Waals surface area (Å²) in [7, 11) is 0. The van der Waals surface area contributed by atoms with Gasteiger partial charge in [0.1, 0.15) is 17.5 Å². The van der Waals surface area contributed by atoms with E-state index < -0.39 is 17.7 Å². The van der Waals surface area contributed by atoms with Crippen molar-refractivity contribution in [2.75, 3.05) is 18.0 Å². The van der Waals surface area contributed by atoms with Crippen LogP contribution in [0.3, 0.4) is 0 Å². The van der Waals surface area contributed by atoms with Crippen LogP contribution in [0, 0.1) is 17.5 Å². The molecule has 0 aliphatic carbocycles. The molecule has 2 aromatic rings. The Hall–Kier alpha value is -2.01. The molecule has 1 unspecified atom stereocenters. The van der Waals surface area contributed by atoms with Crippen molar-refractivity contribution in [3.05, 3.63) is 65.5 Å². The Bertz CT molecular complexity index is 616. The highest BCUT2D eigenvalue weighted by atomic mass is 19.1. The second-order valence-corrected chi connectivity index (χ2v) is 4.79. The Morgan fingerprint density at radius 3 is 2.38 bits per heavy atom. The van der Waals surface area contributed by atoms with Gasteiger partial charge in [-0.25, -0.2) is 13.2 Å². The fourth-order valence-electron chi connectivity index (χ4n) is 2.23. The summed E-state index contributed by atoms with van der Waals surface area (Å²) in [6.07, 6.45) is 0. The van der Waals surface area contributed by atoms with E-state index in [0.717, 1.165) is 6.07 Å². The predicted octanol–water partition coefficient (Wildman–Crippen LogP) is 3.63. The van der Waals surface area contributed by atoms with Crippen molar-refractivity contribution in [1.82, 2.24) is 0 Å². The summed E-state index contributed by atoms with van der Waals surface area (Å²) in [5, 5.41) is 0. The van der Waals surface area contributed by atoms with Gasteiger partial charge in [-0.2, -0.15) is 0 Å². The van der Waals surface area contributed by atoms with Gasteiger partial charge in [-0.3, -0.25) is 0 Å². The number of hydrogen-bond acceptors (Lipinski definition) is 2. The van der Waals surface area contributed by atoms with Crippen LogP contribution in [-0.2, 0) is 0 Å². The zero-order chi connectivity index (χ0) is 15.4. The fraction of sp³-hybridized carbons (Fsp3) is 0.250. The molecule has 0 amide bonds. The Balaban J connectivity index is 2.18. The lowest BCUT2D eigenvalue weighted by atomic mass is 10.1. The normalized spacial score (nSPS) is 12.2. The molecule has 0 fully saturated rings. The lowest BCUT2D eigenvalue weighted by molar-refractivity contribution is 0.551. The highest BCUT2D eigenvalue weighted by molar-refractivity contribution is 5.46. The van der Waals surface area contributed by atoms with Crippen LogP contribution in [-0.4, -0.2) is 13.1 Å². The van der Waals surface area contributed by atoms with Gasteiger partial charge in [-0.15, -0.1) is 0 Å². The van der Waals surface area contributed by atoms with Gasteiger partial charge in [-0.05, 0) is 31.2 Å². The molecule has 21 heavy (non-hydrogen) atoms. The molecular weight excluding hydrogens is 277 g/mol. The van der Waals surface area contributed by atoms with E-state index >= 15 is 0 Å². The van der Waals surface area contributed by atoms with Crippen molar-refractivity contribution in [2.24, 2.45) is 5.73 Å². The Morgan fingerprint density at radius 2 is 1.76 bits per heavy atom. The van der Waals surface area contributed by atoms with E-state index in [9.17, 15) is 13.2 Å². The maximum Gasteiger partial charge on any atom is 0.130 e. The lowest BCUT2D eigenvalue weighted by Crippen LogP contribution is -2.32. The highest BCUT2D eigenvalue weighted by Crippen LogP contribution is 2.21. The number of likely N-dealkylation sites (N-methyl/N-ethyl adjacent to an activating group) is 1. The molecule has 2 rings (SSSR count). The maximum absolute atomic E-state index is 13.7. The van der Waals surface area contributed by atoms with Crippen molar-refractivity contribution in [3.8, 4) is 0 Å². The first-order valence-corrected chi connectivity index (χ1v) is 6.72. The number of hydrogen-bond donors (Lipinski definition) is 1. The van der Waals surface area contributed by atoms with Gasteiger partial charge < -0.3 is 10.6 Å². The maximum atomic E-state index is 13.7. The molecule has 1 atom stereocenters. The molecule has 112 valence electrons. The van der Waals surface area contributed by atoms with Crippen molar-refractivity contribution in [3.63, 3.8) is 0 Å². The molecule has 2 nitrogen and oxygen atoms in total. The first kappa shape index (κ1) is 15.4. The molecule has 0 saturated carbocycles. The van der Waals surface area contributed by atoms with Gasteiger partial charge in [0, 0.05) is 30.4 Å². The van der Waals surface area contributed by atoms with Crippen LogP contribution in [0.1, 0.15) is 18.5 Å². The summed E-state index contributed by atoms with van der Waals surface area (Å²) in [5.74, 6) is -1.65. The van der Waals surface area contributed by atoms with E-state index in [0.29, 0.717) is 18.8 Å². The van der Waals surface area contributed by atoms with Gasteiger partial charge in [0.15, 0.2) is 0 Å². The molecule has 2 aromatic carbocycles. The topological polar surface area (TPSA) is 29.3 Å². The summed E-state index contributed by atoms with van der Waals surface area (Å²) in [5.41, 5.74) is 6.92. The van der Waals surface area contributed by atoms with Crippen LogP contribution in [0.5, 0.6) is 0 Å². The SMILES string of the molecule is CCN(CC(N)c1ccc(F)cc1F)c1cccc(F)c1. The first-order chi connectivity index (χ1) is 10.0. The monoisotopic (exact) mass is 294 g/mol. The highest BCUT2D eigenvalue weighted by Gasteiger charge is 2.16. The lowest BCUT2D eigenvalue weighted by Gasteiger charge is -2.27. The molecule has 5 heteroatoms. The minimum absolute atomic E-state index is 0.242. The molecule has 0 spiro atoms. The van der Waals surface area contributed by atoms with Gasteiger partial charge >= 0.3 is 0 Å². The molecule has 0 radical (unpaired) electrons. The van der Waals surface area contributed by atoms with E-state index in [4.69, 9.17) is 5.73 Å². The summed E-state index contributed by atoms with van der Waals surface area (Å²) in [4.78, 5) is 1.84. The van der Waals surface area contributed by atoms with Gasteiger partial charge in [0.2, 0.25) is 0 Å². The minimum atomic E-state index is -0.669. The second kappa shape index (κ2) is 6.63. The van der Waals surface area contributed by atoms with Crippen LogP contribution in [0.4, 0.5) is 18.9 Å². The minimum Gasteiger partial charge on any atom is -0.370 e. The van der Waals surface area contributed by atoms with Crippen LogP contribution < -0.4 is 10.6 Å². The second-order valence-electron chi connectivity index (χ2n) is 4.79. The van der Waals surface area contributed by atoms with Crippen LogP contribution in [0.15, 0.2) is 42.5 Å². The molecule has 0 aliphatic heterocycles. The Labute approximate surface area is 122 Å². The summed E-state index contributed by atoms with van der Waals surface area (Å²) in [6, 6.07) is 8.83. The van der Waals surface area contributed by atoms with E-state index in [-0.39, 0.29) is 11.4 Å². The van der Waals surface area contributed by atoms with Gasteiger partial charge in [-0.1, -0.05) is 12.1 Å². The predicted molar refractivity (Wildman–Crippen MR) is 77.6 cm³/mol. The van der Waals surface area contributed by atoms with Gasteiger partial charge in [0.25, 0.3) is 0 Å². The van der Waals surface area contributed by atoms with Crippen LogP contribution >= 0.6 is 0 Å². The number of halogens is 3. The largest absolute Gasteiger partial charge is 0.370 e. The molecular formula is C16H17F3N2. The number of anilines is 1. The quantitative estimate of drug-likeness (QED) is 0.912. The summed E-state index contributed by atoms with van der Waals surface area (Å²) in [6.45, 7) is 2.81. The van der Waals surface area contributed by atoms with E-state index in [2.05, 4.69) is 0 Å². The third-order valence-corrected chi connectivity index (χ3v) is 3.33. The smallest absolute Gasteiger partial charge is 0.130 e. The van der Waals surface area contributed by atoms with E-state index in [1.165, 1.54) is 24.3 Å². The molecule has 0 aliphatic rings. The number of benzene rings is 2. The zero-order valence-electron chi connectivity index (χ0n) is 11.7. The average Bonchev–Trinajstić information content (AvgIpc) is 2.44. The van der Waals surface area contributed by atoms with Crippen molar-refractivity contribution in [1.29, 1.82) is 0 Å². The fourth-order valence-corrected chi connectivity index (χ4v) is 2.23. The zero-order valence-corrected chi connectivity index (χ0v) is 11.7. The number of nitrogens with two attached hydrogens (primary N) is 1. The first-order valence-electron chi connectivity index (χ1n) is 6.72. The molecule has 2 N–H and O–H groups in total. The van der Waals surface area contributed by atoms with Crippen LogP contribution in [0.25, 0.3) is 0 Å². The van der Waals surface area contributed by atoms with E-state index in [1.807, 2.05) is 11.8 Å². The summed E-state index contributed by atoms with van der Waals surface area (Å²) < 4.78 is 39.9. The Kier molecular flexibility index (Phi) is 4.85. The number of rotatable bonds is 5. The van der Waals surface area contributed by atoms with Crippen molar-refractivity contribution < 1.29 is 13.2 Å². The molecule has 0 bridgehead atoms. The molecule has 0 aromatic heterocycles. The summed E-state index contributed by atoms with van der Waals surface area (Å²) >= 11 is 0. The third kappa shape index (κ3) is 3.76. The number of nitrogens with zero attached hydrogens (tertiary/aromatic N) is 1.